The molecule has 1 amide bonds. The fourth-order valence-electron chi connectivity index (χ4n) is 3.01. The second-order valence-electron chi connectivity index (χ2n) is 6.34. The molecule has 4 nitrogen and oxygen atoms in total. The van der Waals surface area contributed by atoms with Gasteiger partial charge in [-0.2, -0.15) is 0 Å². The predicted molar refractivity (Wildman–Crippen MR) is 114 cm³/mol. The van der Waals surface area contributed by atoms with Crippen molar-refractivity contribution < 1.29 is 14.3 Å². The summed E-state index contributed by atoms with van der Waals surface area (Å²) in [6, 6.07) is 21.1. The van der Waals surface area contributed by atoms with Crippen LogP contribution in [0.2, 0.25) is 0 Å². The Balaban J connectivity index is 1.70. The van der Waals surface area contributed by atoms with Crippen molar-refractivity contribution in [2.24, 2.45) is 0 Å². The molecule has 5 heteroatoms. The number of carbonyl (C=O) groups is 2. The van der Waals surface area contributed by atoms with Crippen LogP contribution in [-0.4, -0.2) is 25.0 Å². The molecule has 0 bridgehead atoms. The van der Waals surface area contributed by atoms with Crippen molar-refractivity contribution in [1.29, 1.82) is 0 Å². The van der Waals surface area contributed by atoms with Crippen LogP contribution in [0.15, 0.2) is 66.7 Å². The third-order valence-corrected chi connectivity index (χ3v) is 5.00. The largest absolute Gasteiger partial charge is 0.467 e. The number of fused-ring (bicyclic) bond motifs is 1. The number of methoxy groups -OCH3 is 1. The number of nitrogens with one attached hydrogen (secondary N) is 1. The Hall–Kier alpha value is -2.41. The first kappa shape index (κ1) is 19.4. The van der Waals surface area contributed by atoms with E-state index in [1.54, 1.807) is 0 Å². The molecule has 138 valence electrons. The van der Waals surface area contributed by atoms with E-state index in [1.807, 2.05) is 66.7 Å². The van der Waals surface area contributed by atoms with Crippen LogP contribution in [0.3, 0.4) is 0 Å². The quantitative estimate of drug-likeness (QED) is 0.437. The Bertz CT molecular complexity index is 970. The van der Waals surface area contributed by atoms with E-state index in [2.05, 4.69) is 27.9 Å². The maximum Gasteiger partial charge on any atom is 0.328 e. The molecule has 1 N–H and O–H groups in total. The number of ether oxygens (including phenoxy) is 1. The summed E-state index contributed by atoms with van der Waals surface area (Å²) in [5, 5.41) is 5.04. The maximum atomic E-state index is 12.5. The molecule has 0 aromatic heterocycles. The summed E-state index contributed by atoms with van der Waals surface area (Å²) < 4.78 is 5.95. The number of rotatable bonds is 6. The van der Waals surface area contributed by atoms with Gasteiger partial charge in [0, 0.05) is 9.99 Å². The van der Waals surface area contributed by atoms with Crippen LogP contribution in [0, 0.1) is 3.57 Å². The van der Waals surface area contributed by atoms with Crippen molar-refractivity contribution >= 4 is 45.2 Å². The third kappa shape index (κ3) is 5.29. The molecule has 0 aliphatic heterocycles. The van der Waals surface area contributed by atoms with E-state index < -0.39 is 12.0 Å². The Morgan fingerprint density at radius 2 is 1.74 bits per heavy atom. The number of esters is 1. The Morgan fingerprint density at radius 3 is 2.48 bits per heavy atom. The second-order valence-corrected chi connectivity index (χ2v) is 7.58. The molecule has 3 aromatic carbocycles. The maximum absolute atomic E-state index is 12.5. The van der Waals surface area contributed by atoms with Crippen LogP contribution >= 0.6 is 22.6 Å². The van der Waals surface area contributed by atoms with E-state index in [-0.39, 0.29) is 12.3 Å². The SMILES string of the molecule is COC(=O)[C@H](Cc1cccc(I)c1)NC(=O)Cc1ccc2ccccc2c1. The lowest BCUT2D eigenvalue weighted by molar-refractivity contribution is -0.145. The first-order chi connectivity index (χ1) is 13.0. The van der Waals surface area contributed by atoms with Crippen molar-refractivity contribution in [3.63, 3.8) is 0 Å². The molecular formula is C22H20INO3. The molecule has 3 rings (SSSR count). The Kier molecular flexibility index (Phi) is 6.45. The zero-order valence-corrected chi connectivity index (χ0v) is 17.1. The van der Waals surface area contributed by atoms with E-state index in [0.717, 1.165) is 25.5 Å². The Labute approximate surface area is 172 Å². The zero-order chi connectivity index (χ0) is 19.2. The van der Waals surface area contributed by atoms with Gasteiger partial charge in [0.15, 0.2) is 0 Å². The molecule has 3 aromatic rings. The van der Waals surface area contributed by atoms with E-state index in [0.29, 0.717) is 6.42 Å². The highest BCUT2D eigenvalue weighted by Gasteiger charge is 2.22. The lowest BCUT2D eigenvalue weighted by Crippen LogP contribution is -2.43. The number of carbonyl (C=O) groups excluding carboxylic acids is 2. The molecule has 0 fully saturated rings. The van der Waals surface area contributed by atoms with Gasteiger partial charge in [-0.05, 0) is 56.6 Å². The number of halogens is 1. The van der Waals surface area contributed by atoms with Gasteiger partial charge in [0.25, 0.3) is 0 Å². The highest BCUT2D eigenvalue weighted by molar-refractivity contribution is 14.1. The molecule has 0 aliphatic rings. The van der Waals surface area contributed by atoms with Crippen LogP contribution in [-0.2, 0) is 27.2 Å². The minimum absolute atomic E-state index is 0.202. The van der Waals surface area contributed by atoms with Crippen molar-refractivity contribution in [1.82, 2.24) is 5.32 Å². The smallest absolute Gasteiger partial charge is 0.328 e. The fourth-order valence-corrected chi connectivity index (χ4v) is 3.62. The lowest BCUT2D eigenvalue weighted by atomic mass is 10.0. The molecule has 27 heavy (non-hydrogen) atoms. The molecule has 1 atom stereocenters. The zero-order valence-electron chi connectivity index (χ0n) is 14.9. The molecule has 0 heterocycles. The normalized spacial score (nSPS) is 11.8. The van der Waals surface area contributed by atoms with Gasteiger partial charge in [-0.1, -0.05) is 54.6 Å². The summed E-state index contributed by atoms with van der Waals surface area (Å²) in [4.78, 5) is 24.6. The van der Waals surface area contributed by atoms with Gasteiger partial charge in [-0.3, -0.25) is 4.79 Å². The molecule has 0 spiro atoms. The first-order valence-electron chi connectivity index (χ1n) is 8.64. The van der Waals surface area contributed by atoms with Crippen LogP contribution in [0.5, 0.6) is 0 Å². The molecular weight excluding hydrogens is 453 g/mol. The van der Waals surface area contributed by atoms with Gasteiger partial charge >= 0.3 is 5.97 Å². The van der Waals surface area contributed by atoms with E-state index in [1.165, 1.54) is 7.11 Å². The van der Waals surface area contributed by atoms with Crippen LogP contribution < -0.4 is 5.32 Å². The molecule has 0 saturated carbocycles. The summed E-state index contributed by atoms with van der Waals surface area (Å²) in [6.07, 6.45) is 0.609. The average Bonchev–Trinajstić information content (AvgIpc) is 2.66. The van der Waals surface area contributed by atoms with Gasteiger partial charge in [0.1, 0.15) is 6.04 Å². The first-order valence-corrected chi connectivity index (χ1v) is 9.72. The van der Waals surface area contributed by atoms with Crippen molar-refractivity contribution in [2.45, 2.75) is 18.9 Å². The minimum atomic E-state index is -0.707. The van der Waals surface area contributed by atoms with E-state index in [9.17, 15) is 9.59 Å². The predicted octanol–water partition coefficient (Wildman–Crippen LogP) is 3.89. The molecule has 0 radical (unpaired) electrons. The number of benzene rings is 3. The van der Waals surface area contributed by atoms with Crippen LogP contribution in [0.25, 0.3) is 10.8 Å². The lowest BCUT2D eigenvalue weighted by Gasteiger charge is -2.17. The molecule has 0 saturated heterocycles. The third-order valence-electron chi connectivity index (χ3n) is 4.33. The molecule has 0 unspecified atom stereocenters. The Morgan fingerprint density at radius 1 is 0.963 bits per heavy atom. The summed E-state index contributed by atoms with van der Waals surface area (Å²) in [5.74, 6) is -0.646. The summed E-state index contributed by atoms with van der Waals surface area (Å²) in [6.45, 7) is 0. The summed E-state index contributed by atoms with van der Waals surface area (Å²) in [7, 11) is 1.33. The minimum Gasteiger partial charge on any atom is -0.467 e. The standard InChI is InChI=1S/C22H20INO3/c1-27-22(26)20(13-15-5-4-8-19(23)12-15)24-21(25)14-16-9-10-17-6-2-3-7-18(17)11-16/h2-12,20H,13-14H2,1H3,(H,24,25)/t20-/m0/s1. The molecule has 0 aliphatic carbocycles. The van der Waals surface area contributed by atoms with Gasteiger partial charge in [-0.25, -0.2) is 4.79 Å². The van der Waals surface area contributed by atoms with E-state index in [4.69, 9.17) is 4.74 Å². The van der Waals surface area contributed by atoms with Crippen molar-refractivity contribution in [3.8, 4) is 0 Å². The number of amides is 1. The number of hydrogen-bond donors (Lipinski definition) is 1. The van der Waals surface area contributed by atoms with E-state index >= 15 is 0 Å². The van der Waals surface area contributed by atoms with Gasteiger partial charge < -0.3 is 10.1 Å². The highest BCUT2D eigenvalue weighted by Crippen LogP contribution is 2.16. The monoisotopic (exact) mass is 473 g/mol. The van der Waals surface area contributed by atoms with Crippen LogP contribution in [0.1, 0.15) is 11.1 Å². The van der Waals surface area contributed by atoms with Crippen LogP contribution in [0.4, 0.5) is 0 Å². The van der Waals surface area contributed by atoms with Gasteiger partial charge in [0.05, 0.1) is 13.5 Å². The van der Waals surface area contributed by atoms with Gasteiger partial charge in [-0.15, -0.1) is 0 Å². The van der Waals surface area contributed by atoms with Crippen molar-refractivity contribution in [2.75, 3.05) is 7.11 Å². The van der Waals surface area contributed by atoms with Crippen molar-refractivity contribution in [3.05, 3.63) is 81.4 Å². The summed E-state index contributed by atoms with van der Waals surface area (Å²) >= 11 is 2.22. The fraction of sp³-hybridized carbons (Fsp3) is 0.182. The number of hydrogen-bond acceptors (Lipinski definition) is 3. The highest BCUT2D eigenvalue weighted by atomic mass is 127. The van der Waals surface area contributed by atoms with Gasteiger partial charge in [0.2, 0.25) is 5.91 Å². The second kappa shape index (κ2) is 8.99. The summed E-state index contributed by atoms with van der Waals surface area (Å²) in [5.41, 5.74) is 1.88. The average molecular weight is 473 g/mol. The topological polar surface area (TPSA) is 55.4 Å².